The average molecular weight is 251 g/mol. The first kappa shape index (κ1) is 10.3. The van der Waals surface area contributed by atoms with Crippen LogP contribution in [0.2, 0.25) is 0 Å². The lowest BCUT2D eigenvalue weighted by atomic mass is 9.89. The number of fused-ring (bicyclic) bond motifs is 4. The predicted molar refractivity (Wildman–Crippen MR) is 68.2 cm³/mol. The number of carbonyl (C=O) groups excluding carboxylic acids is 1. The van der Waals surface area contributed by atoms with Gasteiger partial charge in [-0.25, -0.2) is 4.79 Å². The topological polar surface area (TPSA) is 48.4 Å². The van der Waals surface area contributed by atoms with Gasteiger partial charge in [-0.1, -0.05) is 18.2 Å². The van der Waals surface area contributed by atoms with Crippen LogP contribution < -0.4 is 0 Å². The van der Waals surface area contributed by atoms with Gasteiger partial charge in [0.25, 0.3) is 0 Å². The van der Waals surface area contributed by atoms with Gasteiger partial charge in [-0.2, -0.15) is 0 Å². The van der Waals surface area contributed by atoms with Gasteiger partial charge < -0.3 is 9.47 Å². The molecule has 0 bridgehead atoms. The second-order valence-corrected chi connectivity index (χ2v) is 4.49. The summed E-state index contributed by atoms with van der Waals surface area (Å²) in [5, 5.41) is 0.919. The monoisotopic (exact) mass is 251 g/mol. The number of ether oxygens (including phenoxy) is 2. The summed E-state index contributed by atoms with van der Waals surface area (Å²) in [6.07, 6.45) is 8.10. The lowest BCUT2D eigenvalue weighted by Gasteiger charge is -2.23. The van der Waals surface area contributed by atoms with Gasteiger partial charge in [-0.05, 0) is 6.07 Å². The third-order valence-corrected chi connectivity index (χ3v) is 3.44. The maximum Gasteiger partial charge on any atom is 0.341 e. The minimum Gasteiger partial charge on any atom is -0.473 e. The molecule has 0 radical (unpaired) electrons. The van der Waals surface area contributed by atoms with Gasteiger partial charge in [0.15, 0.2) is 5.60 Å². The molecule has 0 atom stereocenters. The van der Waals surface area contributed by atoms with Crippen molar-refractivity contribution in [1.29, 1.82) is 0 Å². The van der Waals surface area contributed by atoms with Crippen molar-refractivity contribution in [3.63, 3.8) is 0 Å². The molecule has 2 aliphatic heterocycles. The third-order valence-electron chi connectivity index (χ3n) is 3.44. The Labute approximate surface area is 109 Å². The molecular formula is C15H9NO3. The van der Waals surface area contributed by atoms with Crippen LogP contribution in [-0.4, -0.2) is 11.0 Å². The number of para-hydroxylation sites is 1. The van der Waals surface area contributed by atoms with Crippen molar-refractivity contribution >= 4 is 16.9 Å². The number of hydrogen-bond acceptors (Lipinski definition) is 4. The number of hydrogen-bond donors (Lipinski definition) is 0. The fraction of sp³-hybridized carbons (Fsp3) is 0.0667. The number of benzene rings is 1. The number of carbonyl (C=O) groups is 1. The van der Waals surface area contributed by atoms with E-state index in [2.05, 4.69) is 4.98 Å². The van der Waals surface area contributed by atoms with Crippen molar-refractivity contribution in [1.82, 2.24) is 4.98 Å². The maximum atomic E-state index is 12.0. The zero-order chi connectivity index (χ0) is 12.9. The van der Waals surface area contributed by atoms with Gasteiger partial charge >= 0.3 is 5.97 Å². The molecule has 4 nitrogen and oxygen atoms in total. The molecule has 1 spiro atoms. The van der Waals surface area contributed by atoms with Crippen LogP contribution in [0.15, 0.2) is 55.1 Å². The molecule has 19 heavy (non-hydrogen) atoms. The molecule has 0 amide bonds. The van der Waals surface area contributed by atoms with Crippen LogP contribution in [0.3, 0.4) is 0 Å². The number of nitrogens with zero attached hydrogens (tertiary/aromatic N) is 1. The molecule has 2 aliphatic rings. The van der Waals surface area contributed by atoms with Gasteiger partial charge in [-0.15, -0.1) is 0 Å². The Balaban J connectivity index is 2.13. The van der Waals surface area contributed by atoms with Crippen LogP contribution in [0, 0.1) is 0 Å². The number of esters is 1. The summed E-state index contributed by atoms with van der Waals surface area (Å²) in [7, 11) is 0. The molecule has 4 rings (SSSR count). The Hall–Kier alpha value is -2.62. The van der Waals surface area contributed by atoms with E-state index in [4.69, 9.17) is 9.47 Å². The first-order chi connectivity index (χ1) is 9.30. The first-order valence-electron chi connectivity index (χ1n) is 5.93. The molecule has 2 aromatic rings. The van der Waals surface area contributed by atoms with Crippen LogP contribution in [0.1, 0.15) is 15.9 Å². The van der Waals surface area contributed by atoms with Crippen molar-refractivity contribution in [3.8, 4) is 0 Å². The number of rotatable bonds is 0. The molecule has 0 aliphatic carbocycles. The Kier molecular flexibility index (Phi) is 1.87. The highest BCUT2D eigenvalue weighted by atomic mass is 16.6. The van der Waals surface area contributed by atoms with E-state index in [1.165, 1.54) is 12.5 Å². The van der Waals surface area contributed by atoms with Gasteiger partial charge in [0.1, 0.15) is 0 Å². The molecule has 0 unspecified atom stereocenters. The molecule has 0 saturated carbocycles. The Morgan fingerprint density at radius 2 is 1.89 bits per heavy atom. The van der Waals surface area contributed by atoms with Gasteiger partial charge in [0.2, 0.25) is 0 Å². The van der Waals surface area contributed by atoms with Crippen molar-refractivity contribution < 1.29 is 14.3 Å². The standard InChI is InChI=1S/C15H9NO3/c17-14-11-9-16-12-4-2-1-3-10(12)13(11)15(19-14)5-7-18-8-6-15/h1-9H. The fourth-order valence-corrected chi connectivity index (χ4v) is 2.59. The second kappa shape index (κ2) is 3.45. The van der Waals surface area contributed by atoms with Crippen LogP contribution in [0.4, 0.5) is 0 Å². The maximum absolute atomic E-state index is 12.0. The molecule has 3 heterocycles. The van der Waals surface area contributed by atoms with Crippen molar-refractivity contribution in [2.24, 2.45) is 0 Å². The van der Waals surface area contributed by atoms with Crippen LogP contribution >= 0.6 is 0 Å². The van der Waals surface area contributed by atoms with Crippen molar-refractivity contribution in [2.45, 2.75) is 5.60 Å². The SMILES string of the molecule is O=C1OC2(C=COC=C2)c2c1cnc1ccccc21. The van der Waals surface area contributed by atoms with Crippen LogP contribution in [-0.2, 0) is 15.1 Å². The quantitative estimate of drug-likeness (QED) is 0.675. The van der Waals surface area contributed by atoms with E-state index >= 15 is 0 Å². The summed E-state index contributed by atoms with van der Waals surface area (Å²) in [6.45, 7) is 0. The summed E-state index contributed by atoms with van der Waals surface area (Å²) >= 11 is 0. The highest BCUT2D eigenvalue weighted by Crippen LogP contribution is 2.43. The molecule has 0 N–H and O–H groups in total. The lowest BCUT2D eigenvalue weighted by Crippen LogP contribution is -2.22. The first-order valence-corrected chi connectivity index (χ1v) is 5.93. The Bertz CT molecular complexity index is 749. The van der Waals surface area contributed by atoms with E-state index in [1.54, 1.807) is 18.3 Å². The lowest BCUT2D eigenvalue weighted by molar-refractivity contribution is 0.0276. The van der Waals surface area contributed by atoms with Crippen LogP contribution in [0.25, 0.3) is 10.9 Å². The van der Waals surface area contributed by atoms with E-state index in [1.807, 2.05) is 24.3 Å². The van der Waals surface area contributed by atoms with Gasteiger partial charge in [-0.3, -0.25) is 4.98 Å². The normalized spacial score (nSPS) is 18.4. The van der Waals surface area contributed by atoms with Gasteiger partial charge in [0.05, 0.1) is 23.6 Å². The summed E-state index contributed by atoms with van der Waals surface area (Å²) in [6, 6.07) is 7.70. The summed E-state index contributed by atoms with van der Waals surface area (Å²) in [5.41, 5.74) is 1.31. The predicted octanol–water partition coefficient (Wildman–Crippen LogP) is 2.66. The zero-order valence-electron chi connectivity index (χ0n) is 9.87. The van der Waals surface area contributed by atoms with Crippen molar-refractivity contribution in [3.05, 3.63) is 66.3 Å². The molecule has 1 aromatic carbocycles. The third kappa shape index (κ3) is 1.28. The summed E-state index contributed by atoms with van der Waals surface area (Å²) < 4.78 is 10.6. The highest BCUT2D eigenvalue weighted by Gasteiger charge is 2.44. The zero-order valence-corrected chi connectivity index (χ0v) is 9.87. The minimum atomic E-state index is -0.868. The number of pyridine rings is 1. The fourth-order valence-electron chi connectivity index (χ4n) is 2.59. The van der Waals surface area contributed by atoms with E-state index in [9.17, 15) is 4.79 Å². The van der Waals surface area contributed by atoms with Gasteiger partial charge in [0, 0.05) is 29.3 Å². The van der Waals surface area contributed by atoms with E-state index in [0.717, 1.165) is 16.5 Å². The van der Waals surface area contributed by atoms with Crippen LogP contribution in [0.5, 0.6) is 0 Å². The Morgan fingerprint density at radius 3 is 2.74 bits per heavy atom. The molecule has 4 heteroatoms. The average Bonchev–Trinajstić information content (AvgIpc) is 2.73. The number of aromatic nitrogens is 1. The molecule has 92 valence electrons. The molecule has 0 saturated heterocycles. The van der Waals surface area contributed by atoms with E-state index in [-0.39, 0.29) is 5.97 Å². The summed E-state index contributed by atoms with van der Waals surface area (Å²) in [4.78, 5) is 16.3. The minimum absolute atomic E-state index is 0.357. The summed E-state index contributed by atoms with van der Waals surface area (Å²) in [5.74, 6) is -0.357. The molecule has 1 aromatic heterocycles. The molecular weight excluding hydrogens is 242 g/mol. The molecule has 0 fully saturated rings. The van der Waals surface area contributed by atoms with E-state index in [0.29, 0.717) is 5.56 Å². The van der Waals surface area contributed by atoms with Crippen molar-refractivity contribution in [2.75, 3.05) is 0 Å². The largest absolute Gasteiger partial charge is 0.473 e. The smallest absolute Gasteiger partial charge is 0.341 e. The highest BCUT2D eigenvalue weighted by molar-refractivity contribution is 6.01. The Morgan fingerprint density at radius 1 is 1.11 bits per heavy atom. The van der Waals surface area contributed by atoms with E-state index < -0.39 is 5.60 Å². The second-order valence-electron chi connectivity index (χ2n) is 4.49.